The zero-order valence-electron chi connectivity index (χ0n) is 23.7. The van der Waals surface area contributed by atoms with Crippen molar-refractivity contribution in [1.82, 2.24) is 30.8 Å². The lowest BCUT2D eigenvalue weighted by molar-refractivity contribution is -0.136. The summed E-state index contributed by atoms with van der Waals surface area (Å²) in [5.74, 6) is -0.418. The van der Waals surface area contributed by atoms with Gasteiger partial charge in [-0.15, -0.1) is 0 Å². The second-order valence-electron chi connectivity index (χ2n) is 10.7. The molecule has 0 saturated carbocycles. The smallest absolute Gasteiger partial charge is 0.270 e. The van der Waals surface area contributed by atoms with Crippen molar-refractivity contribution in [1.29, 1.82) is 0 Å². The number of nitrogens with zero attached hydrogens (tertiary/aromatic N) is 2. The van der Waals surface area contributed by atoms with Gasteiger partial charge in [0.2, 0.25) is 17.7 Å². The molecule has 2 bridgehead atoms. The van der Waals surface area contributed by atoms with Gasteiger partial charge in [-0.05, 0) is 42.5 Å². The average Bonchev–Trinajstić information content (AvgIpc) is 3.36. The van der Waals surface area contributed by atoms with E-state index in [1.54, 1.807) is 23.1 Å². The van der Waals surface area contributed by atoms with Crippen LogP contribution in [-0.2, 0) is 20.8 Å². The Hall–Kier alpha value is -4.41. The number of aromatic nitrogens is 2. The maximum Gasteiger partial charge on any atom is 0.270 e. The van der Waals surface area contributed by atoms with Crippen LogP contribution in [0.25, 0.3) is 10.9 Å². The molecule has 1 aromatic carbocycles. The summed E-state index contributed by atoms with van der Waals surface area (Å²) in [5.41, 5.74) is 2.04. The van der Waals surface area contributed by atoms with E-state index in [1.807, 2.05) is 44.3 Å². The SMILES string of the molecule is CC(C)CC(=O)N1CCCCNC(=O)[C@H](Cc2c[nH]c3ccccc23)NC(=O)c2cccc(n2)NCCNC(=O)C1. The Balaban J connectivity index is 1.52. The number of benzene rings is 1. The molecule has 0 radical (unpaired) electrons. The summed E-state index contributed by atoms with van der Waals surface area (Å²) < 4.78 is 0. The van der Waals surface area contributed by atoms with Gasteiger partial charge in [0.1, 0.15) is 17.6 Å². The molecule has 0 saturated heterocycles. The molecule has 0 unspecified atom stereocenters. The lowest BCUT2D eigenvalue weighted by Crippen LogP contribution is -2.48. The van der Waals surface area contributed by atoms with Crippen LogP contribution in [-0.4, -0.2) is 77.3 Å². The number of amides is 4. The number of hydrogen-bond donors (Lipinski definition) is 5. The Labute approximate surface area is 239 Å². The highest BCUT2D eigenvalue weighted by atomic mass is 16.2. The number of carbonyl (C=O) groups excluding carboxylic acids is 4. The number of carbonyl (C=O) groups is 4. The fraction of sp³-hybridized carbons (Fsp3) is 0.433. The summed E-state index contributed by atoms with van der Waals surface area (Å²) in [6.07, 6.45) is 3.75. The average molecular weight is 562 g/mol. The van der Waals surface area contributed by atoms with Crippen molar-refractivity contribution in [2.45, 2.75) is 45.6 Å². The number of hydrogen-bond acceptors (Lipinski definition) is 6. The molecule has 3 aromatic rings. The largest absolute Gasteiger partial charge is 0.368 e. The molecule has 11 heteroatoms. The van der Waals surface area contributed by atoms with Crippen LogP contribution in [0.3, 0.4) is 0 Å². The van der Waals surface area contributed by atoms with Gasteiger partial charge in [0.25, 0.3) is 5.91 Å². The van der Waals surface area contributed by atoms with E-state index < -0.39 is 11.9 Å². The van der Waals surface area contributed by atoms with Gasteiger partial charge in [-0.25, -0.2) is 4.98 Å². The van der Waals surface area contributed by atoms with Gasteiger partial charge in [0.05, 0.1) is 6.54 Å². The minimum Gasteiger partial charge on any atom is -0.368 e. The minimum absolute atomic E-state index is 0.0171. The molecule has 2 aromatic heterocycles. The number of anilines is 1. The molecule has 1 atom stereocenters. The number of para-hydroxylation sites is 1. The van der Waals surface area contributed by atoms with E-state index in [0.29, 0.717) is 57.7 Å². The van der Waals surface area contributed by atoms with E-state index >= 15 is 0 Å². The van der Waals surface area contributed by atoms with Crippen LogP contribution in [0.5, 0.6) is 0 Å². The fourth-order valence-electron chi connectivity index (χ4n) is 4.78. The first kappa shape index (κ1) is 29.6. The van der Waals surface area contributed by atoms with Crippen LogP contribution in [0.4, 0.5) is 5.82 Å². The van der Waals surface area contributed by atoms with Crippen molar-refractivity contribution in [3.63, 3.8) is 0 Å². The summed E-state index contributed by atoms with van der Waals surface area (Å²) in [4.78, 5) is 61.1. The maximum atomic E-state index is 13.3. The predicted octanol–water partition coefficient (Wildman–Crippen LogP) is 2.22. The van der Waals surface area contributed by atoms with Gasteiger partial charge in [0.15, 0.2) is 0 Å². The summed E-state index contributed by atoms with van der Waals surface area (Å²) in [6, 6.07) is 12.0. The molecule has 0 aliphatic carbocycles. The molecule has 1 aliphatic rings. The summed E-state index contributed by atoms with van der Waals surface area (Å²) in [7, 11) is 0. The standard InChI is InChI=1S/C30H39N7O4/c1-20(2)16-28(39)37-15-6-5-12-33-29(40)25(17-21-18-34-23-9-4-3-8-22(21)23)36-30(41)24-10-7-11-26(35-24)31-13-14-32-27(38)19-37/h3-4,7-11,18,20,25,34H,5-6,12-17,19H2,1-2H3,(H,31,35)(H,32,38)(H,33,40)(H,36,41)/t25-/m0/s1. The van der Waals surface area contributed by atoms with Gasteiger partial charge >= 0.3 is 0 Å². The van der Waals surface area contributed by atoms with Crippen molar-refractivity contribution in [2.75, 3.05) is 38.0 Å². The quantitative estimate of drug-likeness (QED) is 0.330. The van der Waals surface area contributed by atoms with Crippen molar-refractivity contribution < 1.29 is 19.2 Å². The maximum absolute atomic E-state index is 13.3. The third kappa shape index (κ3) is 8.54. The molecule has 5 N–H and O–H groups in total. The van der Waals surface area contributed by atoms with Crippen molar-refractivity contribution in [3.8, 4) is 0 Å². The number of pyridine rings is 1. The molecule has 0 fully saturated rings. The Kier molecular flexibility index (Phi) is 10.3. The molecule has 218 valence electrons. The van der Waals surface area contributed by atoms with E-state index in [4.69, 9.17) is 0 Å². The number of aromatic amines is 1. The summed E-state index contributed by atoms with van der Waals surface area (Å²) in [6.45, 7) is 5.42. The monoisotopic (exact) mass is 561 g/mol. The van der Waals surface area contributed by atoms with E-state index in [1.165, 1.54) is 0 Å². The molecule has 4 amide bonds. The van der Waals surface area contributed by atoms with Gasteiger partial charge in [-0.3, -0.25) is 19.2 Å². The molecule has 1 aliphatic heterocycles. The van der Waals surface area contributed by atoms with Crippen LogP contribution in [0, 0.1) is 5.92 Å². The number of rotatable bonds is 4. The summed E-state index contributed by atoms with van der Waals surface area (Å²) in [5, 5.41) is 12.7. The minimum atomic E-state index is -0.826. The Bertz CT molecular complexity index is 1370. The van der Waals surface area contributed by atoms with Gasteiger partial charge in [0, 0.05) is 56.1 Å². The third-order valence-corrected chi connectivity index (χ3v) is 6.88. The van der Waals surface area contributed by atoms with E-state index in [-0.39, 0.29) is 35.9 Å². The number of fused-ring (bicyclic) bond motifs is 3. The number of H-pyrrole nitrogens is 1. The molecule has 41 heavy (non-hydrogen) atoms. The highest BCUT2D eigenvalue weighted by molar-refractivity contribution is 5.97. The van der Waals surface area contributed by atoms with Crippen molar-refractivity contribution in [3.05, 3.63) is 59.9 Å². The zero-order chi connectivity index (χ0) is 29.2. The first-order valence-electron chi connectivity index (χ1n) is 14.2. The van der Waals surface area contributed by atoms with Crippen LogP contribution in [0.15, 0.2) is 48.7 Å². The van der Waals surface area contributed by atoms with E-state index in [2.05, 4.69) is 31.2 Å². The van der Waals surface area contributed by atoms with Crippen LogP contribution in [0.2, 0.25) is 0 Å². The first-order valence-corrected chi connectivity index (χ1v) is 14.2. The van der Waals surface area contributed by atoms with Gasteiger partial charge < -0.3 is 31.2 Å². The van der Waals surface area contributed by atoms with Crippen LogP contribution < -0.4 is 21.3 Å². The van der Waals surface area contributed by atoms with Crippen molar-refractivity contribution >= 4 is 40.3 Å². The molecular formula is C30H39N7O4. The molecular weight excluding hydrogens is 522 g/mol. The highest BCUT2D eigenvalue weighted by Crippen LogP contribution is 2.19. The third-order valence-electron chi connectivity index (χ3n) is 6.88. The predicted molar refractivity (Wildman–Crippen MR) is 157 cm³/mol. The lowest BCUT2D eigenvalue weighted by Gasteiger charge is -2.23. The molecule has 0 spiro atoms. The van der Waals surface area contributed by atoms with Crippen LogP contribution >= 0.6 is 0 Å². The Morgan fingerprint density at radius 1 is 0.976 bits per heavy atom. The molecule has 4 rings (SSSR count). The van der Waals surface area contributed by atoms with E-state index in [9.17, 15) is 19.2 Å². The lowest BCUT2D eigenvalue weighted by atomic mass is 10.0. The molecule has 11 nitrogen and oxygen atoms in total. The first-order chi connectivity index (χ1) is 19.8. The highest BCUT2D eigenvalue weighted by Gasteiger charge is 2.24. The normalized spacial score (nSPS) is 18.0. The topological polar surface area (TPSA) is 148 Å². The van der Waals surface area contributed by atoms with Crippen molar-refractivity contribution in [2.24, 2.45) is 5.92 Å². The van der Waals surface area contributed by atoms with Gasteiger partial charge in [-0.1, -0.05) is 38.1 Å². The Morgan fingerprint density at radius 2 is 1.78 bits per heavy atom. The zero-order valence-corrected chi connectivity index (χ0v) is 23.7. The van der Waals surface area contributed by atoms with Crippen LogP contribution in [0.1, 0.15) is 49.2 Å². The Morgan fingerprint density at radius 3 is 2.61 bits per heavy atom. The van der Waals surface area contributed by atoms with E-state index in [0.717, 1.165) is 16.5 Å². The second-order valence-corrected chi connectivity index (χ2v) is 10.7. The number of nitrogens with one attached hydrogen (secondary N) is 5. The fourth-order valence-corrected chi connectivity index (χ4v) is 4.78. The van der Waals surface area contributed by atoms with Gasteiger partial charge in [-0.2, -0.15) is 0 Å². The summed E-state index contributed by atoms with van der Waals surface area (Å²) >= 11 is 0. The molecule has 3 heterocycles. The second kappa shape index (κ2) is 14.3.